The SMILES string of the molecule is C#CCOS(=O)(=O)CCCCP(=O)(OC)OC. The Morgan fingerprint density at radius 3 is 2.29 bits per heavy atom. The van der Waals surface area contributed by atoms with Crippen molar-refractivity contribution < 1.29 is 26.2 Å². The van der Waals surface area contributed by atoms with Crippen molar-refractivity contribution in [3.05, 3.63) is 0 Å². The molecule has 100 valence electrons. The van der Waals surface area contributed by atoms with E-state index in [0.717, 1.165) is 0 Å². The van der Waals surface area contributed by atoms with Gasteiger partial charge in [-0.25, -0.2) is 0 Å². The first kappa shape index (κ1) is 16.6. The van der Waals surface area contributed by atoms with Gasteiger partial charge in [0.2, 0.25) is 0 Å². The molecule has 0 fully saturated rings. The van der Waals surface area contributed by atoms with Gasteiger partial charge in [-0.05, 0) is 12.8 Å². The van der Waals surface area contributed by atoms with Crippen LogP contribution < -0.4 is 0 Å². The van der Waals surface area contributed by atoms with Crippen LogP contribution in [0.5, 0.6) is 0 Å². The molecule has 0 aromatic rings. The van der Waals surface area contributed by atoms with E-state index in [9.17, 15) is 13.0 Å². The molecule has 0 amide bonds. The van der Waals surface area contributed by atoms with Crippen molar-refractivity contribution in [3.63, 3.8) is 0 Å². The van der Waals surface area contributed by atoms with Gasteiger partial charge in [0.25, 0.3) is 10.1 Å². The van der Waals surface area contributed by atoms with Gasteiger partial charge in [0.05, 0.1) is 11.9 Å². The summed E-state index contributed by atoms with van der Waals surface area (Å²) >= 11 is 0. The summed E-state index contributed by atoms with van der Waals surface area (Å²) in [5.74, 6) is 1.91. The van der Waals surface area contributed by atoms with Crippen LogP contribution in [-0.2, 0) is 27.9 Å². The van der Waals surface area contributed by atoms with Crippen molar-refractivity contribution in [2.24, 2.45) is 0 Å². The third-order valence-electron chi connectivity index (χ3n) is 1.95. The van der Waals surface area contributed by atoms with E-state index in [4.69, 9.17) is 15.5 Å². The minimum absolute atomic E-state index is 0.165. The zero-order valence-electron chi connectivity index (χ0n) is 9.92. The molecule has 0 aliphatic carbocycles. The summed E-state index contributed by atoms with van der Waals surface area (Å²) in [6.45, 7) is -0.267. The third-order valence-corrected chi connectivity index (χ3v) is 5.20. The fourth-order valence-corrected chi connectivity index (χ4v) is 3.07. The van der Waals surface area contributed by atoms with Crippen molar-refractivity contribution in [3.8, 4) is 12.3 Å². The maximum absolute atomic E-state index is 11.6. The van der Waals surface area contributed by atoms with Crippen LogP contribution in [0.2, 0.25) is 0 Å². The molecule has 0 spiro atoms. The first-order chi connectivity index (χ1) is 7.89. The van der Waals surface area contributed by atoms with Gasteiger partial charge in [-0.15, -0.1) is 6.42 Å². The predicted molar refractivity (Wildman–Crippen MR) is 64.3 cm³/mol. The second-order valence-corrected chi connectivity index (χ2v) is 7.29. The first-order valence-corrected chi connectivity index (χ1v) is 8.21. The van der Waals surface area contributed by atoms with E-state index in [-0.39, 0.29) is 18.5 Å². The summed E-state index contributed by atoms with van der Waals surface area (Å²) < 4.78 is 47.9. The molecule has 8 heteroatoms. The number of terminal acetylenes is 1. The molecule has 0 heterocycles. The third kappa shape index (κ3) is 7.53. The second-order valence-electron chi connectivity index (χ2n) is 3.13. The van der Waals surface area contributed by atoms with Crippen LogP contribution in [-0.4, -0.2) is 41.2 Å². The van der Waals surface area contributed by atoms with Gasteiger partial charge < -0.3 is 9.05 Å². The lowest BCUT2D eigenvalue weighted by Gasteiger charge is -2.12. The number of hydrogen-bond acceptors (Lipinski definition) is 6. The molecule has 0 N–H and O–H groups in total. The van der Waals surface area contributed by atoms with E-state index in [1.807, 2.05) is 0 Å². The topological polar surface area (TPSA) is 78.9 Å². The molecule has 0 aliphatic heterocycles. The number of unbranched alkanes of at least 4 members (excludes halogenated alkanes) is 1. The van der Waals surface area contributed by atoms with Gasteiger partial charge in [0.1, 0.15) is 6.61 Å². The van der Waals surface area contributed by atoms with Gasteiger partial charge in [-0.2, -0.15) is 8.42 Å². The maximum atomic E-state index is 11.6. The molecule has 0 saturated heterocycles. The molecule has 0 aromatic heterocycles. The summed E-state index contributed by atoms with van der Waals surface area (Å²) in [7, 11) is -4.06. The Balaban J connectivity index is 3.94. The summed E-state index contributed by atoms with van der Waals surface area (Å²) in [5.41, 5.74) is 0. The van der Waals surface area contributed by atoms with Crippen molar-refractivity contribution in [2.45, 2.75) is 12.8 Å². The standard InChI is InChI=1S/C9H17O6PS/c1-4-7-15-17(11,12)9-6-5-8-16(10,13-2)14-3/h1H,5-9H2,2-3H3. The maximum Gasteiger partial charge on any atom is 0.330 e. The number of rotatable bonds is 9. The molecule has 17 heavy (non-hydrogen) atoms. The molecular weight excluding hydrogens is 267 g/mol. The van der Waals surface area contributed by atoms with Crippen LogP contribution in [0.3, 0.4) is 0 Å². The summed E-state index contributed by atoms with van der Waals surface area (Å²) in [6.07, 6.45) is 5.76. The largest absolute Gasteiger partial charge is 0.330 e. The van der Waals surface area contributed by atoms with Crippen molar-refractivity contribution in [1.29, 1.82) is 0 Å². The lowest BCUT2D eigenvalue weighted by atomic mass is 10.4. The van der Waals surface area contributed by atoms with Gasteiger partial charge in [-0.1, -0.05) is 5.92 Å². The van der Waals surface area contributed by atoms with Crippen LogP contribution in [0.15, 0.2) is 0 Å². The van der Waals surface area contributed by atoms with E-state index in [1.165, 1.54) is 14.2 Å². The van der Waals surface area contributed by atoms with E-state index >= 15 is 0 Å². The average Bonchev–Trinajstić information content (AvgIpc) is 2.32. The van der Waals surface area contributed by atoms with E-state index in [1.54, 1.807) is 0 Å². The van der Waals surface area contributed by atoms with Gasteiger partial charge >= 0.3 is 7.60 Å². The summed E-state index contributed by atoms with van der Waals surface area (Å²) in [4.78, 5) is 0. The summed E-state index contributed by atoms with van der Waals surface area (Å²) in [6, 6.07) is 0. The number of hydrogen-bond donors (Lipinski definition) is 0. The fourth-order valence-electron chi connectivity index (χ4n) is 1.02. The minimum Gasteiger partial charge on any atom is -0.312 e. The van der Waals surface area contributed by atoms with Crippen LogP contribution in [0.4, 0.5) is 0 Å². The normalized spacial score (nSPS) is 12.3. The minimum atomic E-state index is -3.59. The zero-order valence-corrected chi connectivity index (χ0v) is 11.6. The Morgan fingerprint density at radius 2 is 1.82 bits per heavy atom. The Bertz CT molecular complexity index is 388. The molecule has 0 saturated carbocycles. The van der Waals surface area contributed by atoms with Crippen LogP contribution in [0.25, 0.3) is 0 Å². The molecule has 0 rings (SSSR count). The highest BCUT2D eigenvalue weighted by molar-refractivity contribution is 7.86. The van der Waals surface area contributed by atoms with Gasteiger partial charge in [0.15, 0.2) is 0 Å². The Labute approximate surface area is 102 Å². The monoisotopic (exact) mass is 284 g/mol. The Kier molecular flexibility index (Phi) is 7.68. The Hall–Kier alpha value is -0.380. The average molecular weight is 284 g/mol. The lowest BCUT2D eigenvalue weighted by Crippen LogP contribution is -2.11. The lowest BCUT2D eigenvalue weighted by molar-refractivity contribution is 0.275. The molecule has 0 atom stereocenters. The highest BCUT2D eigenvalue weighted by Gasteiger charge is 2.20. The second kappa shape index (κ2) is 7.85. The Morgan fingerprint density at radius 1 is 1.24 bits per heavy atom. The zero-order chi connectivity index (χ0) is 13.4. The van der Waals surface area contributed by atoms with Crippen LogP contribution >= 0.6 is 7.60 Å². The highest BCUT2D eigenvalue weighted by Crippen LogP contribution is 2.46. The van der Waals surface area contributed by atoms with Gasteiger partial charge in [-0.3, -0.25) is 8.75 Å². The molecule has 0 aliphatic rings. The molecule has 0 radical (unpaired) electrons. The van der Waals surface area contributed by atoms with E-state index in [0.29, 0.717) is 12.8 Å². The quantitative estimate of drug-likeness (QED) is 0.274. The van der Waals surface area contributed by atoms with Crippen molar-refractivity contribution in [2.75, 3.05) is 32.7 Å². The van der Waals surface area contributed by atoms with Crippen molar-refractivity contribution in [1.82, 2.24) is 0 Å². The predicted octanol–water partition coefficient (Wildman–Crippen LogP) is 1.23. The molecule has 6 nitrogen and oxygen atoms in total. The van der Waals surface area contributed by atoms with Gasteiger partial charge in [0, 0.05) is 14.2 Å². The van der Waals surface area contributed by atoms with E-state index < -0.39 is 17.7 Å². The molecule has 0 bridgehead atoms. The molecule has 0 aromatic carbocycles. The van der Waals surface area contributed by atoms with Crippen LogP contribution in [0, 0.1) is 12.3 Å². The van der Waals surface area contributed by atoms with Crippen molar-refractivity contribution >= 4 is 17.7 Å². The fraction of sp³-hybridized carbons (Fsp3) is 0.778. The highest BCUT2D eigenvalue weighted by atomic mass is 32.2. The summed E-state index contributed by atoms with van der Waals surface area (Å²) in [5, 5.41) is 0. The molecule has 0 unspecified atom stereocenters. The first-order valence-electron chi connectivity index (χ1n) is 4.90. The van der Waals surface area contributed by atoms with Crippen LogP contribution in [0.1, 0.15) is 12.8 Å². The smallest absolute Gasteiger partial charge is 0.312 e. The molecular formula is C9H17O6PS. The van der Waals surface area contributed by atoms with E-state index in [2.05, 4.69) is 10.1 Å².